The first-order chi connectivity index (χ1) is 6.11. The van der Waals surface area contributed by atoms with Crippen molar-refractivity contribution in [2.24, 2.45) is 11.7 Å². The van der Waals surface area contributed by atoms with Gasteiger partial charge in [0.25, 0.3) is 0 Å². The lowest BCUT2D eigenvalue weighted by molar-refractivity contribution is 0.509. The number of rotatable bonds is 3. The van der Waals surface area contributed by atoms with Crippen LogP contribution in [-0.4, -0.2) is 0 Å². The summed E-state index contributed by atoms with van der Waals surface area (Å²) in [5.41, 5.74) is 7.27. The predicted octanol–water partition coefficient (Wildman–Crippen LogP) is 3.50. The summed E-state index contributed by atoms with van der Waals surface area (Å²) in [5.74, 6) is 0.641. The molecular weight excluding hydrogens is 226 g/mol. The van der Waals surface area contributed by atoms with Gasteiger partial charge in [0.05, 0.1) is 0 Å². The molecule has 0 spiro atoms. The lowest BCUT2D eigenvalue weighted by atomic mass is 9.98. The van der Waals surface area contributed by atoms with Crippen LogP contribution < -0.4 is 5.73 Å². The maximum Gasteiger partial charge on any atom is 0.0308 e. The predicted molar refractivity (Wildman–Crippen MR) is 60.5 cm³/mol. The van der Waals surface area contributed by atoms with Crippen molar-refractivity contribution >= 4 is 15.9 Å². The summed E-state index contributed by atoms with van der Waals surface area (Å²) in [6, 6.07) is 8.30. The van der Waals surface area contributed by atoms with E-state index in [1.165, 1.54) is 5.56 Å². The average Bonchev–Trinajstić information content (AvgIpc) is 2.03. The fourth-order valence-corrected chi connectivity index (χ4v) is 1.99. The standard InChI is InChI=1S/C11H16BrN/c1-8(2)7-11(13)9-5-3-4-6-10(9)12/h3-6,8,11H,7,13H2,1-2H3/t11-/m0/s1. The summed E-state index contributed by atoms with van der Waals surface area (Å²) in [7, 11) is 0. The minimum atomic E-state index is 0.149. The van der Waals surface area contributed by atoms with Crippen LogP contribution in [0.2, 0.25) is 0 Å². The van der Waals surface area contributed by atoms with Crippen LogP contribution in [-0.2, 0) is 0 Å². The molecule has 0 radical (unpaired) electrons. The summed E-state index contributed by atoms with van der Waals surface area (Å²) in [5, 5.41) is 0. The second-order valence-electron chi connectivity index (χ2n) is 3.76. The molecule has 13 heavy (non-hydrogen) atoms. The summed E-state index contributed by atoms with van der Waals surface area (Å²) in [6.45, 7) is 4.38. The highest BCUT2D eigenvalue weighted by Crippen LogP contribution is 2.25. The molecule has 1 atom stereocenters. The van der Waals surface area contributed by atoms with E-state index < -0.39 is 0 Å². The Bertz CT molecular complexity index is 271. The molecule has 2 heteroatoms. The number of nitrogens with two attached hydrogens (primary N) is 1. The highest BCUT2D eigenvalue weighted by atomic mass is 79.9. The van der Waals surface area contributed by atoms with Gasteiger partial charge in [-0.3, -0.25) is 0 Å². The van der Waals surface area contributed by atoms with E-state index in [0.29, 0.717) is 5.92 Å². The van der Waals surface area contributed by atoms with Crippen molar-refractivity contribution in [1.82, 2.24) is 0 Å². The van der Waals surface area contributed by atoms with Crippen LogP contribution in [0.15, 0.2) is 28.7 Å². The van der Waals surface area contributed by atoms with Crippen LogP contribution in [0.1, 0.15) is 31.9 Å². The maximum atomic E-state index is 6.07. The molecule has 0 aliphatic heterocycles. The molecule has 0 aromatic heterocycles. The molecule has 0 saturated carbocycles. The first-order valence-electron chi connectivity index (χ1n) is 4.61. The molecule has 1 nitrogen and oxygen atoms in total. The molecule has 1 aromatic rings. The molecule has 0 unspecified atom stereocenters. The van der Waals surface area contributed by atoms with Gasteiger partial charge < -0.3 is 5.73 Å². The van der Waals surface area contributed by atoms with Crippen molar-refractivity contribution in [3.63, 3.8) is 0 Å². The zero-order valence-corrected chi connectivity index (χ0v) is 9.71. The number of halogens is 1. The largest absolute Gasteiger partial charge is 0.324 e. The van der Waals surface area contributed by atoms with Gasteiger partial charge in [0, 0.05) is 10.5 Å². The first kappa shape index (κ1) is 10.7. The normalized spacial score (nSPS) is 13.3. The van der Waals surface area contributed by atoms with E-state index in [1.807, 2.05) is 18.2 Å². The molecular formula is C11H16BrN. The molecule has 2 N–H and O–H groups in total. The number of hydrogen-bond acceptors (Lipinski definition) is 1. The number of hydrogen-bond donors (Lipinski definition) is 1. The molecule has 0 heterocycles. The monoisotopic (exact) mass is 241 g/mol. The van der Waals surface area contributed by atoms with Gasteiger partial charge in [-0.25, -0.2) is 0 Å². The van der Waals surface area contributed by atoms with E-state index in [2.05, 4.69) is 35.8 Å². The van der Waals surface area contributed by atoms with Crippen molar-refractivity contribution < 1.29 is 0 Å². The fourth-order valence-electron chi connectivity index (χ4n) is 1.41. The Balaban J connectivity index is 2.76. The van der Waals surface area contributed by atoms with Crippen LogP contribution in [0.25, 0.3) is 0 Å². The van der Waals surface area contributed by atoms with Crippen molar-refractivity contribution in [3.8, 4) is 0 Å². The molecule has 0 bridgehead atoms. The summed E-state index contributed by atoms with van der Waals surface area (Å²) >= 11 is 3.51. The average molecular weight is 242 g/mol. The lowest BCUT2D eigenvalue weighted by Crippen LogP contribution is -2.13. The van der Waals surface area contributed by atoms with Crippen molar-refractivity contribution in [2.75, 3.05) is 0 Å². The summed E-state index contributed by atoms with van der Waals surface area (Å²) in [4.78, 5) is 0. The van der Waals surface area contributed by atoms with Crippen LogP contribution in [0, 0.1) is 5.92 Å². The van der Waals surface area contributed by atoms with Crippen LogP contribution in [0.3, 0.4) is 0 Å². The molecule has 1 aromatic carbocycles. The second kappa shape index (κ2) is 4.77. The molecule has 0 amide bonds. The molecule has 72 valence electrons. The fraction of sp³-hybridized carbons (Fsp3) is 0.455. The maximum absolute atomic E-state index is 6.07. The second-order valence-corrected chi connectivity index (χ2v) is 4.61. The van der Waals surface area contributed by atoms with Gasteiger partial charge >= 0.3 is 0 Å². The Morgan fingerprint density at radius 1 is 1.31 bits per heavy atom. The quantitative estimate of drug-likeness (QED) is 0.862. The molecule has 0 saturated heterocycles. The van der Waals surface area contributed by atoms with Gasteiger partial charge in [-0.1, -0.05) is 48.0 Å². The van der Waals surface area contributed by atoms with Gasteiger partial charge in [-0.05, 0) is 24.0 Å². The van der Waals surface area contributed by atoms with E-state index in [4.69, 9.17) is 5.73 Å². The molecule has 0 aliphatic rings. The van der Waals surface area contributed by atoms with E-state index in [0.717, 1.165) is 10.9 Å². The van der Waals surface area contributed by atoms with Crippen molar-refractivity contribution in [1.29, 1.82) is 0 Å². The Kier molecular flexibility index (Phi) is 3.94. The number of benzene rings is 1. The lowest BCUT2D eigenvalue weighted by Gasteiger charge is -2.15. The highest BCUT2D eigenvalue weighted by Gasteiger charge is 2.10. The van der Waals surface area contributed by atoms with Gasteiger partial charge in [0.2, 0.25) is 0 Å². The van der Waals surface area contributed by atoms with Gasteiger partial charge in [-0.15, -0.1) is 0 Å². The van der Waals surface area contributed by atoms with Gasteiger partial charge in [-0.2, -0.15) is 0 Å². The van der Waals surface area contributed by atoms with E-state index in [9.17, 15) is 0 Å². The van der Waals surface area contributed by atoms with Gasteiger partial charge in [0.1, 0.15) is 0 Å². The van der Waals surface area contributed by atoms with Crippen LogP contribution >= 0.6 is 15.9 Å². The first-order valence-corrected chi connectivity index (χ1v) is 5.40. The zero-order valence-electron chi connectivity index (χ0n) is 8.13. The summed E-state index contributed by atoms with van der Waals surface area (Å²) in [6.07, 6.45) is 1.03. The minimum Gasteiger partial charge on any atom is -0.324 e. The molecule has 0 fully saturated rings. The van der Waals surface area contributed by atoms with Crippen LogP contribution in [0.5, 0.6) is 0 Å². The van der Waals surface area contributed by atoms with E-state index in [1.54, 1.807) is 0 Å². The Morgan fingerprint density at radius 2 is 1.92 bits per heavy atom. The zero-order chi connectivity index (χ0) is 9.84. The molecule has 1 rings (SSSR count). The molecule has 0 aliphatic carbocycles. The van der Waals surface area contributed by atoms with Gasteiger partial charge in [0.15, 0.2) is 0 Å². The highest BCUT2D eigenvalue weighted by molar-refractivity contribution is 9.10. The van der Waals surface area contributed by atoms with Crippen molar-refractivity contribution in [2.45, 2.75) is 26.3 Å². The van der Waals surface area contributed by atoms with Crippen molar-refractivity contribution in [3.05, 3.63) is 34.3 Å². The Labute approximate surface area is 88.5 Å². The third kappa shape index (κ3) is 3.12. The topological polar surface area (TPSA) is 26.0 Å². The smallest absolute Gasteiger partial charge is 0.0308 e. The SMILES string of the molecule is CC(C)C[C@H](N)c1ccccc1Br. The summed E-state index contributed by atoms with van der Waals surface area (Å²) < 4.78 is 1.11. The van der Waals surface area contributed by atoms with Crippen LogP contribution in [0.4, 0.5) is 0 Å². The van der Waals surface area contributed by atoms with E-state index in [-0.39, 0.29) is 6.04 Å². The Hall–Kier alpha value is -0.340. The van der Waals surface area contributed by atoms with E-state index >= 15 is 0 Å². The Morgan fingerprint density at radius 3 is 2.46 bits per heavy atom. The third-order valence-electron chi connectivity index (χ3n) is 2.03. The third-order valence-corrected chi connectivity index (χ3v) is 2.75. The minimum absolute atomic E-state index is 0.149.